The van der Waals surface area contributed by atoms with E-state index in [9.17, 15) is 23.1 Å². The van der Waals surface area contributed by atoms with E-state index >= 15 is 0 Å². The van der Waals surface area contributed by atoms with Gasteiger partial charge in [-0.05, 0) is 37.6 Å². The van der Waals surface area contributed by atoms with Crippen molar-refractivity contribution in [3.05, 3.63) is 78.6 Å². The smallest absolute Gasteiger partial charge is 0.372 e. The summed E-state index contributed by atoms with van der Waals surface area (Å²) in [6.45, 7) is 7.52. The van der Waals surface area contributed by atoms with Crippen molar-refractivity contribution in [2.45, 2.75) is 38.2 Å². The quantitative estimate of drug-likeness (QED) is 0.418. The van der Waals surface area contributed by atoms with E-state index in [1.807, 2.05) is 0 Å². The Morgan fingerprint density at radius 2 is 1.94 bits per heavy atom. The fraction of sp³-hybridized carbons (Fsp3) is 0.250. The molecule has 1 amide bonds. The first-order valence-corrected chi connectivity index (χ1v) is 10.4. The number of rotatable bonds is 5. The highest BCUT2D eigenvalue weighted by molar-refractivity contribution is 5.91. The summed E-state index contributed by atoms with van der Waals surface area (Å²) < 4.78 is 46.2. The van der Waals surface area contributed by atoms with Crippen LogP contribution in [0.2, 0.25) is 0 Å². The van der Waals surface area contributed by atoms with Crippen LogP contribution in [0.15, 0.2) is 67.5 Å². The van der Waals surface area contributed by atoms with Crippen molar-refractivity contribution in [3.8, 4) is 0 Å². The third-order valence-corrected chi connectivity index (χ3v) is 5.50. The number of aliphatic hydroxyl groups is 1. The summed E-state index contributed by atoms with van der Waals surface area (Å²) in [5.74, 6) is 0. The van der Waals surface area contributed by atoms with E-state index in [-0.39, 0.29) is 29.1 Å². The first kappa shape index (κ1) is 22.6. The minimum atomic E-state index is -5.02. The SMILES string of the molecule is C=CCn1cc(C(O)(c2ccc3c(cnn3C(=O)NC(C)C)c2)C(F)(F)F)c2ccccc21. The molecule has 0 radical (unpaired) electrons. The average molecular weight is 456 g/mol. The molecule has 0 saturated heterocycles. The highest BCUT2D eigenvalue weighted by Crippen LogP contribution is 2.47. The number of hydrogen-bond acceptors (Lipinski definition) is 3. The van der Waals surface area contributed by atoms with Crippen molar-refractivity contribution < 1.29 is 23.1 Å². The molecule has 0 aliphatic carbocycles. The molecule has 172 valence electrons. The van der Waals surface area contributed by atoms with Gasteiger partial charge in [0.25, 0.3) is 0 Å². The van der Waals surface area contributed by atoms with E-state index in [0.29, 0.717) is 16.4 Å². The molecule has 6 nitrogen and oxygen atoms in total. The molecule has 2 N–H and O–H groups in total. The Balaban J connectivity index is 1.91. The zero-order valence-corrected chi connectivity index (χ0v) is 18.1. The van der Waals surface area contributed by atoms with Crippen molar-refractivity contribution in [3.63, 3.8) is 0 Å². The molecule has 0 fully saturated rings. The molecular weight excluding hydrogens is 433 g/mol. The van der Waals surface area contributed by atoms with Crippen LogP contribution in [0.25, 0.3) is 21.8 Å². The summed E-state index contributed by atoms with van der Waals surface area (Å²) in [4.78, 5) is 12.4. The van der Waals surface area contributed by atoms with Gasteiger partial charge >= 0.3 is 12.2 Å². The van der Waals surface area contributed by atoms with Crippen LogP contribution >= 0.6 is 0 Å². The van der Waals surface area contributed by atoms with E-state index in [4.69, 9.17) is 0 Å². The largest absolute Gasteiger partial charge is 0.425 e. The minimum Gasteiger partial charge on any atom is -0.372 e. The molecule has 0 aliphatic rings. The van der Waals surface area contributed by atoms with Gasteiger partial charge in [-0.1, -0.05) is 30.3 Å². The van der Waals surface area contributed by atoms with Crippen molar-refractivity contribution in [1.82, 2.24) is 19.7 Å². The number of aromatic nitrogens is 3. The molecule has 9 heteroatoms. The number of carbonyl (C=O) groups is 1. The van der Waals surface area contributed by atoms with Gasteiger partial charge in [0.15, 0.2) is 0 Å². The number of fused-ring (bicyclic) bond motifs is 2. The Morgan fingerprint density at radius 1 is 1.21 bits per heavy atom. The normalized spacial score (nSPS) is 14.0. The number of allylic oxidation sites excluding steroid dienone is 1. The third-order valence-electron chi connectivity index (χ3n) is 5.50. The van der Waals surface area contributed by atoms with E-state index in [1.54, 1.807) is 48.8 Å². The molecule has 2 aromatic carbocycles. The fourth-order valence-corrected chi connectivity index (χ4v) is 4.03. The molecule has 0 bridgehead atoms. The molecule has 1 atom stereocenters. The zero-order chi connectivity index (χ0) is 24.0. The van der Waals surface area contributed by atoms with Crippen LogP contribution in [-0.4, -0.2) is 37.7 Å². The maximum absolute atomic E-state index is 14.5. The van der Waals surface area contributed by atoms with Gasteiger partial charge in [-0.3, -0.25) is 0 Å². The van der Waals surface area contributed by atoms with Crippen LogP contribution in [0, 0.1) is 0 Å². The Labute approximate surface area is 187 Å². The first-order valence-electron chi connectivity index (χ1n) is 10.4. The Bertz CT molecular complexity index is 1350. The number of benzene rings is 2. The van der Waals surface area contributed by atoms with Gasteiger partial charge in [-0.2, -0.15) is 23.0 Å². The van der Waals surface area contributed by atoms with Crippen LogP contribution in [0.5, 0.6) is 0 Å². The van der Waals surface area contributed by atoms with Gasteiger partial charge in [0.2, 0.25) is 5.60 Å². The van der Waals surface area contributed by atoms with Crippen LogP contribution < -0.4 is 5.32 Å². The molecule has 4 rings (SSSR count). The molecule has 2 heterocycles. The molecule has 0 saturated carbocycles. The van der Waals surface area contributed by atoms with E-state index in [1.165, 1.54) is 30.6 Å². The van der Waals surface area contributed by atoms with Gasteiger partial charge in [0.05, 0.1) is 11.7 Å². The molecular formula is C24H23F3N4O2. The lowest BCUT2D eigenvalue weighted by atomic mass is 9.85. The highest BCUT2D eigenvalue weighted by atomic mass is 19.4. The third kappa shape index (κ3) is 3.68. The molecule has 2 aromatic heterocycles. The standard InChI is InChI=1S/C24H23F3N4O2/c1-4-11-30-14-19(18-7-5-6-8-21(18)30)23(33,24(25,26)27)17-9-10-20-16(12-17)13-28-31(20)22(32)29-15(2)3/h4-10,12-15,33H,1,11H2,2-3H3,(H,29,32). The van der Waals surface area contributed by atoms with Gasteiger partial charge in [0, 0.05) is 40.6 Å². The second kappa shape index (κ2) is 8.08. The van der Waals surface area contributed by atoms with Crippen molar-refractivity contribution in [2.24, 2.45) is 0 Å². The average Bonchev–Trinajstić information content (AvgIpc) is 3.34. The van der Waals surface area contributed by atoms with Gasteiger partial charge in [-0.25, -0.2) is 4.79 Å². The fourth-order valence-electron chi connectivity index (χ4n) is 4.03. The van der Waals surface area contributed by atoms with Crippen molar-refractivity contribution >= 4 is 27.8 Å². The monoisotopic (exact) mass is 456 g/mol. The Morgan fingerprint density at radius 3 is 2.61 bits per heavy atom. The predicted molar refractivity (Wildman–Crippen MR) is 120 cm³/mol. The Hall–Kier alpha value is -3.59. The van der Waals surface area contributed by atoms with Crippen LogP contribution in [0.3, 0.4) is 0 Å². The van der Waals surface area contributed by atoms with Crippen LogP contribution in [0.4, 0.5) is 18.0 Å². The Kier molecular flexibility index (Phi) is 5.53. The summed E-state index contributed by atoms with van der Waals surface area (Å²) in [5, 5.41) is 18.6. The van der Waals surface area contributed by atoms with Gasteiger partial charge < -0.3 is 15.0 Å². The van der Waals surface area contributed by atoms with Crippen LogP contribution in [-0.2, 0) is 12.1 Å². The maximum atomic E-state index is 14.5. The van der Waals surface area contributed by atoms with Gasteiger partial charge in [0.1, 0.15) is 0 Å². The summed E-state index contributed by atoms with van der Waals surface area (Å²) in [7, 11) is 0. The summed E-state index contributed by atoms with van der Waals surface area (Å²) >= 11 is 0. The van der Waals surface area contributed by atoms with E-state index < -0.39 is 17.8 Å². The van der Waals surface area contributed by atoms with E-state index in [2.05, 4.69) is 17.0 Å². The number of para-hydroxylation sites is 1. The number of halogens is 3. The van der Waals surface area contributed by atoms with Crippen molar-refractivity contribution in [2.75, 3.05) is 0 Å². The van der Waals surface area contributed by atoms with Crippen LogP contribution in [0.1, 0.15) is 25.0 Å². The lowest BCUT2D eigenvalue weighted by molar-refractivity contribution is -0.247. The molecule has 0 aliphatic heterocycles. The van der Waals surface area contributed by atoms with Gasteiger partial charge in [-0.15, -0.1) is 6.58 Å². The summed E-state index contributed by atoms with van der Waals surface area (Å²) in [6, 6.07) is 9.71. The minimum absolute atomic E-state index is 0.140. The number of hydrogen-bond donors (Lipinski definition) is 2. The molecule has 1 unspecified atom stereocenters. The summed E-state index contributed by atoms with van der Waals surface area (Å²) in [5.41, 5.74) is -3.05. The lowest BCUT2D eigenvalue weighted by Gasteiger charge is -2.31. The highest BCUT2D eigenvalue weighted by Gasteiger charge is 2.57. The predicted octanol–water partition coefficient (Wildman–Crippen LogP) is 4.94. The summed E-state index contributed by atoms with van der Waals surface area (Å²) in [6.07, 6.45) is -0.833. The topological polar surface area (TPSA) is 72.1 Å². The number of nitrogens with one attached hydrogen (secondary N) is 1. The molecule has 33 heavy (non-hydrogen) atoms. The van der Waals surface area contributed by atoms with E-state index in [0.717, 1.165) is 4.68 Å². The number of amides is 1. The second-order valence-corrected chi connectivity index (χ2v) is 8.14. The number of nitrogens with zero attached hydrogens (tertiary/aromatic N) is 3. The second-order valence-electron chi connectivity index (χ2n) is 8.14. The number of alkyl halides is 3. The number of carbonyl (C=O) groups excluding carboxylic acids is 1. The first-order chi connectivity index (χ1) is 15.6. The maximum Gasteiger partial charge on any atom is 0.425 e. The molecule has 0 spiro atoms. The zero-order valence-electron chi connectivity index (χ0n) is 18.1. The molecule has 4 aromatic rings. The lowest BCUT2D eigenvalue weighted by Crippen LogP contribution is -2.43. The van der Waals surface area contributed by atoms with Crippen molar-refractivity contribution in [1.29, 1.82) is 0 Å².